The second-order valence-corrected chi connectivity index (χ2v) is 4.63. The maximum absolute atomic E-state index is 12.0. The lowest BCUT2D eigenvalue weighted by atomic mass is 9.84. The van der Waals surface area contributed by atoms with Crippen LogP contribution in [0.5, 0.6) is 0 Å². The second-order valence-electron chi connectivity index (χ2n) is 4.63. The minimum atomic E-state index is -1.09. The molecule has 0 aliphatic carbocycles. The first kappa shape index (κ1) is 12.4. The molecule has 1 unspecified atom stereocenters. The number of nitrogens with two attached hydrogens (primary N) is 2. The molecule has 1 fully saturated rings. The maximum atomic E-state index is 12.0. The van der Waals surface area contributed by atoms with Crippen LogP contribution in [0.1, 0.15) is 24.0 Å². The van der Waals surface area contributed by atoms with E-state index >= 15 is 0 Å². The van der Waals surface area contributed by atoms with Gasteiger partial charge in [0.15, 0.2) is 0 Å². The number of amides is 3. The third kappa shape index (κ3) is 1.63. The quantitative estimate of drug-likeness (QED) is 0.811. The van der Waals surface area contributed by atoms with Crippen molar-refractivity contribution in [1.29, 1.82) is 0 Å². The van der Waals surface area contributed by atoms with E-state index in [1.54, 1.807) is 0 Å². The number of carbonyl (C=O) groups is 2. The van der Waals surface area contributed by atoms with Gasteiger partial charge < -0.3 is 16.4 Å². The van der Waals surface area contributed by atoms with E-state index in [0.29, 0.717) is 13.0 Å². The summed E-state index contributed by atoms with van der Waals surface area (Å²) in [5.74, 6) is -0.520. The normalized spacial score (nSPS) is 23.1. The van der Waals surface area contributed by atoms with E-state index in [0.717, 1.165) is 17.5 Å². The van der Waals surface area contributed by atoms with E-state index in [2.05, 4.69) is 0 Å². The molecule has 0 spiro atoms. The number of nitrogens with zero attached hydrogens (tertiary/aromatic N) is 1. The maximum Gasteiger partial charge on any atom is 0.315 e. The molecule has 5 nitrogen and oxygen atoms in total. The smallest absolute Gasteiger partial charge is 0.315 e. The predicted octanol–water partition coefficient (Wildman–Crippen LogP) is 0.850. The molecule has 1 aromatic rings. The highest BCUT2D eigenvalue weighted by molar-refractivity contribution is 5.91. The summed E-state index contributed by atoms with van der Waals surface area (Å²) in [7, 11) is 0. The van der Waals surface area contributed by atoms with E-state index in [-0.39, 0.29) is 0 Å². The van der Waals surface area contributed by atoms with Crippen LogP contribution in [0, 0.1) is 6.92 Å². The van der Waals surface area contributed by atoms with Crippen molar-refractivity contribution in [2.24, 2.45) is 11.5 Å². The second kappa shape index (κ2) is 4.33. The summed E-state index contributed by atoms with van der Waals surface area (Å²) >= 11 is 0. The molecule has 4 N–H and O–H groups in total. The fourth-order valence-corrected chi connectivity index (χ4v) is 2.82. The summed E-state index contributed by atoms with van der Waals surface area (Å²) < 4.78 is 0. The number of carbonyl (C=O) groups excluding carboxylic acids is 2. The molecule has 3 amide bonds. The van der Waals surface area contributed by atoms with Gasteiger partial charge >= 0.3 is 6.03 Å². The molecule has 1 aliphatic rings. The predicted molar refractivity (Wildman–Crippen MR) is 67.6 cm³/mol. The van der Waals surface area contributed by atoms with Gasteiger partial charge in [-0.1, -0.05) is 24.3 Å². The van der Waals surface area contributed by atoms with Crippen LogP contribution in [0.2, 0.25) is 0 Å². The topological polar surface area (TPSA) is 89.4 Å². The Kier molecular flexibility index (Phi) is 2.98. The lowest BCUT2D eigenvalue weighted by Gasteiger charge is -2.36. The third-order valence-corrected chi connectivity index (χ3v) is 3.65. The van der Waals surface area contributed by atoms with Gasteiger partial charge in [-0.25, -0.2) is 4.79 Å². The van der Waals surface area contributed by atoms with E-state index in [1.165, 1.54) is 4.90 Å². The number of urea groups is 1. The summed E-state index contributed by atoms with van der Waals surface area (Å²) in [6.07, 6.45) is 1.25. The molecule has 5 heteroatoms. The number of hydrogen-bond donors (Lipinski definition) is 2. The van der Waals surface area contributed by atoms with Crippen LogP contribution < -0.4 is 11.5 Å². The standard InChI is InChI=1S/C13H17N3O2/c1-9-5-2-3-6-10(9)13(11(14)17)7-4-8-16(13)12(15)18/h2-3,5-6H,4,7-8H2,1H3,(H2,14,17)(H2,15,18). The summed E-state index contributed by atoms with van der Waals surface area (Å²) in [4.78, 5) is 24.9. The van der Waals surface area contributed by atoms with Gasteiger partial charge in [-0.2, -0.15) is 0 Å². The van der Waals surface area contributed by atoms with Gasteiger partial charge in [0.2, 0.25) is 5.91 Å². The van der Waals surface area contributed by atoms with Gasteiger partial charge in [-0.15, -0.1) is 0 Å². The number of aryl methyl sites for hydroxylation is 1. The third-order valence-electron chi connectivity index (χ3n) is 3.65. The average Bonchev–Trinajstić information content (AvgIpc) is 2.75. The van der Waals surface area contributed by atoms with Gasteiger partial charge in [-0.05, 0) is 30.9 Å². The lowest BCUT2D eigenvalue weighted by Crippen LogP contribution is -2.55. The van der Waals surface area contributed by atoms with Crippen LogP contribution in [0.15, 0.2) is 24.3 Å². The zero-order valence-corrected chi connectivity index (χ0v) is 10.3. The Labute approximate surface area is 106 Å². The van der Waals surface area contributed by atoms with Crippen LogP contribution in [0.25, 0.3) is 0 Å². The molecule has 2 rings (SSSR count). The Hall–Kier alpha value is -2.04. The van der Waals surface area contributed by atoms with Gasteiger partial charge in [0.05, 0.1) is 0 Å². The minimum Gasteiger partial charge on any atom is -0.367 e. The number of likely N-dealkylation sites (tertiary alicyclic amines) is 1. The van der Waals surface area contributed by atoms with Gasteiger partial charge in [-0.3, -0.25) is 4.79 Å². The van der Waals surface area contributed by atoms with Crippen molar-refractivity contribution < 1.29 is 9.59 Å². The van der Waals surface area contributed by atoms with Crippen molar-refractivity contribution in [2.45, 2.75) is 25.3 Å². The van der Waals surface area contributed by atoms with Crippen LogP contribution in [-0.2, 0) is 10.3 Å². The molecule has 1 saturated heterocycles. The Bertz CT molecular complexity index is 501. The van der Waals surface area contributed by atoms with E-state index < -0.39 is 17.5 Å². The molecule has 0 bridgehead atoms. The van der Waals surface area contributed by atoms with Crippen LogP contribution in [-0.4, -0.2) is 23.4 Å². The van der Waals surface area contributed by atoms with Crippen molar-refractivity contribution in [3.8, 4) is 0 Å². The molecule has 1 aromatic carbocycles. The van der Waals surface area contributed by atoms with Crippen LogP contribution >= 0.6 is 0 Å². The summed E-state index contributed by atoms with van der Waals surface area (Å²) in [5.41, 5.74) is 11.6. The first-order valence-electron chi connectivity index (χ1n) is 5.93. The van der Waals surface area contributed by atoms with Gasteiger partial charge in [0, 0.05) is 6.54 Å². The molecule has 1 aliphatic heterocycles. The Morgan fingerprint density at radius 1 is 1.28 bits per heavy atom. The molecular formula is C13H17N3O2. The fourth-order valence-electron chi connectivity index (χ4n) is 2.82. The molecule has 1 heterocycles. The van der Waals surface area contributed by atoms with Crippen molar-refractivity contribution in [2.75, 3.05) is 6.54 Å². The monoisotopic (exact) mass is 247 g/mol. The van der Waals surface area contributed by atoms with Gasteiger partial charge in [0.25, 0.3) is 0 Å². The summed E-state index contributed by atoms with van der Waals surface area (Å²) in [5, 5.41) is 0. The van der Waals surface area contributed by atoms with E-state index in [1.807, 2.05) is 31.2 Å². The van der Waals surface area contributed by atoms with Crippen molar-refractivity contribution in [3.05, 3.63) is 35.4 Å². The lowest BCUT2D eigenvalue weighted by molar-refractivity contribution is -0.127. The van der Waals surface area contributed by atoms with Crippen molar-refractivity contribution >= 4 is 11.9 Å². The number of benzene rings is 1. The zero-order valence-electron chi connectivity index (χ0n) is 10.3. The average molecular weight is 247 g/mol. The highest BCUT2D eigenvalue weighted by Crippen LogP contribution is 2.39. The van der Waals surface area contributed by atoms with E-state index in [9.17, 15) is 9.59 Å². The first-order valence-corrected chi connectivity index (χ1v) is 5.93. The molecule has 0 saturated carbocycles. The Balaban J connectivity index is 2.62. The highest BCUT2D eigenvalue weighted by Gasteiger charge is 2.50. The Morgan fingerprint density at radius 2 is 1.94 bits per heavy atom. The van der Waals surface area contributed by atoms with Gasteiger partial charge in [0.1, 0.15) is 5.54 Å². The fraction of sp³-hybridized carbons (Fsp3) is 0.385. The molecule has 18 heavy (non-hydrogen) atoms. The summed E-state index contributed by atoms with van der Waals surface area (Å²) in [6, 6.07) is 6.86. The van der Waals surface area contributed by atoms with Crippen molar-refractivity contribution in [1.82, 2.24) is 4.90 Å². The number of hydrogen-bond acceptors (Lipinski definition) is 2. The molecule has 0 aromatic heterocycles. The molecule has 0 radical (unpaired) electrons. The Morgan fingerprint density at radius 3 is 2.50 bits per heavy atom. The SMILES string of the molecule is Cc1ccccc1C1(C(N)=O)CCCN1C(N)=O. The number of primary amides is 2. The summed E-state index contributed by atoms with van der Waals surface area (Å²) in [6.45, 7) is 2.37. The van der Waals surface area contributed by atoms with Crippen molar-refractivity contribution in [3.63, 3.8) is 0 Å². The van der Waals surface area contributed by atoms with Crippen LogP contribution in [0.4, 0.5) is 4.79 Å². The highest BCUT2D eigenvalue weighted by atomic mass is 16.2. The first-order chi connectivity index (χ1) is 8.50. The molecular weight excluding hydrogens is 230 g/mol. The number of rotatable bonds is 2. The van der Waals surface area contributed by atoms with Crippen LogP contribution in [0.3, 0.4) is 0 Å². The zero-order chi connectivity index (χ0) is 13.3. The molecule has 96 valence electrons. The minimum absolute atomic E-state index is 0.465. The molecule has 1 atom stereocenters. The largest absolute Gasteiger partial charge is 0.367 e. The van der Waals surface area contributed by atoms with E-state index in [4.69, 9.17) is 11.5 Å².